The number of benzene rings is 1. The van der Waals surface area contributed by atoms with E-state index in [-0.39, 0.29) is 11.7 Å². The maximum absolute atomic E-state index is 13.1. The van der Waals surface area contributed by atoms with E-state index in [9.17, 15) is 9.18 Å². The summed E-state index contributed by atoms with van der Waals surface area (Å²) in [5.41, 5.74) is -0.326. The Morgan fingerprint density at radius 1 is 1.50 bits per heavy atom. The maximum Gasteiger partial charge on any atom is 0.338 e. The lowest BCUT2D eigenvalue weighted by molar-refractivity contribution is 0.0692. The van der Waals surface area contributed by atoms with Crippen molar-refractivity contribution >= 4 is 5.97 Å². The highest BCUT2D eigenvalue weighted by atomic mass is 19.1. The molecule has 0 bridgehead atoms. The summed E-state index contributed by atoms with van der Waals surface area (Å²) in [6.45, 7) is 0. The van der Waals surface area contributed by atoms with Crippen molar-refractivity contribution in [2.45, 2.75) is 18.9 Å². The summed E-state index contributed by atoms with van der Waals surface area (Å²) in [5, 5.41) is 8.57. The van der Waals surface area contributed by atoms with Gasteiger partial charge in [-0.25, -0.2) is 9.18 Å². The molecule has 3 nitrogen and oxygen atoms in total. The van der Waals surface area contributed by atoms with Crippen molar-refractivity contribution < 1.29 is 19.0 Å². The van der Waals surface area contributed by atoms with E-state index in [4.69, 9.17) is 9.84 Å². The third kappa shape index (κ3) is 1.84. The Kier molecular flexibility index (Phi) is 2.11. The van der Waals surface area contributed by atoms with E-state index in [0.29, 0.717) is 5.75 Å². The fraction of sp³-hybridized carbons (Fsp3) is 0.300. The topological polar surface area (TPSA) is 46.5 Å². The highest BCUT2D eigenvalue weighted by molar-refractivity contribution is 5.88. The lowest BCUT2D eigenvalue weighted by Crippen LogP contribution is -2.02. The van der Waals surface area contributed by atoms with E-state index in [0.717, 1.165) is 18.9 Å². The van der Waals surface area contributed by atoms with E-state index in [1.165, 1.54) is 12.1 Å². The third-order valence-electron chi connectivity index (χ3n) is 2.00. The molecule has 1 N–H and O–H groups in total. The molecule has 0 unspecified atom stereocenters. The molecule has 74 valence electrons. The number of rotatable bonds is 3. The Labute approximate surface area is 80.1 Å². The van der Waals surface area contributed by atoms with Crippen LogP contribution in [0.1, 0.15) is 23.2 Å². The standard InChI is InChI=1S/C10H9FO3/c11-9-5-7(14-6-1-2-6)3-4-8(9)10(12)13/h3-6H,1-2H2,(H,12,13). The van der Waals surface area contributed by atoms with Crippen LogP contribution in [0.3, 0.4) is 0 Å². The van der Waals surface area contributed by atoms with Gasteiger partial charge in [-0.3, -0.25) is 0 Å². The zero-order valence-electron chi connectivity index (χ0n) is 7.37. The third-order valence-corrected chi connectivity index (χ3v) is 2.00. The second-order valence-corrected chi connectivity index (χ2v) is 3.26. The highest BCUT2D eigenvalue weighted by Crippen LogP contribution is 2.27. The van der Waals surface area contributed by atoms with Crippen LogP contribution in [0.25, 0.3) is 0 Å². The van der Waals surface area contributed by atoms with Crippen LogP contribution in [0.5, 0.6) is 5.75 Å². The molecule has 1 aliphatic rings. The van der Waals surface area contributed by atoms with Crippen LogP contribution in [-0.4, -0.2) is 17.2 Å². The molecule has 0 aliphatic heterocycles. The molecule has 0 spiro atoms. The molecule has 0 saturated heterocycles. The number of carboxylic acids is 1. The van der Waals surface area contributed by atoms with Gasteiger partial charge in [0.05, 0.1) is 11.7 Å². The molecular formula is C10H9FO3. The van der Waals surface area contributed by atoms with Gasteiger partial charge in [0.1, 0.15) is 11.6 Å². The summed E-state index contributed by atoms with van der Waals surface area (Å²) in [5.74, 6) is -1.62. The molecule has 4 heteroatoms. The minimum atomic E-state index is -1.26. The second kappa shape index (κ2) is 3.29. The Morgan fingerprint density at radius 3 is 2.71 bits per heavy atom. The smallest absolute Gasteiger partial charge is 0.338 e. The van der Waals surface area contributed by atoms with E-state index in [1.54, 1.807) is 0 Å². The van der Waals surface area contributed by atoms with E-state index < -0.39 is 11.8 Å². The van der Waals surface area contributed by atoms with Gasteiger partial charge in [0.2, 0.25) is 0 Å². The van der Waals surface area contributed by atoms with Gasteiger partial charge >= 0.3 is 5.97 Å². The SMILES string of the molecule is O=C(O)c1ccc(OC2CC2)cc1F. The molecule has 1 fully saturated rings. The van der Waals surface area contributed by atoms with Crippen molar-refractivity contribution in [3.05, 3.63) is 29.6 Å². The first-order valence-electron chi connectivity index (χ1n) is 4.36. The van der Waals surface area contributed by atoms with E-state index in [2.05, 4.69) is 0 Å². The number of ether oxygens (including phenoxy) is 1. The van der Waals surface area contributed by atoms with Crippen LogP contribution in [0.4, 0.5) is 4.39 Å². The predicted molar refractivity (Wildman–Crippen MR) is 47.0 cm³/mol. The number of hydrogen-bond acceptors (Lipinski definition) is 2. The summed E-state index contributed by atoms with van der Waals surface area (Å²) in [4.78, 5) is 10.5. The molecule has 14 heavy (non-hydrogen) atoms. The van der Waals surface area contributed by atoms with Crippen LogP contribution in [-0.2, 0) is 0 Å². The Morgan fingerprint density at radius 2 is 2.21 bits per heavy atom. The van der Waals surface area contributed by atoms with Crippen LogP contribution < -0.4 is 4.74 Å². The monoisotopic (exact) mass is 196 g/mol. The molecule has 1 aliphatic carbocycles. The van der Waals surface area contributed by atoms with Gasteiger partial charge in [0.15, 0.2) is 0 Å². The molecule has 1 aromatic rings. The minimum Gasteiger partial charge on any atom is -0.490 e. The van der Waals surface area contributed by atoms with Gasteiger partial charge in [-0.05, 0) is 25.0 Å². The van der Waals surface area contributed by atoms with Crippen molar-refractivity contribution in [2.24, 2.45) is 0 Å². The molecule has 1 aromatic carbocycles. The molecule has 0 atom stereocenters. The Balaban J connectivity index is 2.20. The zero-order valence-corrected chi connectivity index (χ0v) is 7.37. The second-order valence-electron chi connectivity index (χ2n) is 3.26. The van der Waals surface area contributed by atoms with Crippen LogP contribution in [0.2, 0.25) is 0 Å². The summed E-state index contributed by atoms with van der Waals surface area (Å²) in [6, 6.07) is 3.81. The number of aromatic carboxylic acids is 1. The zero-order chi connectivity index (χ0) is 10.1. The lowest BCUT2D eigenvalue weighted by Gasteiger charge is -2.04. The molecule has 0 heterocycles. The number of carbonyl (C=O) groups is 1. The highest BCUT2D eigenvalue weighted by Gasteiger charge is 2.24. The van der Waals surface area contributed by atoms with E-state index in [1.807, 2.05) is 0 Å². The van der Waals surface area contributed by atoms with Crippen LogP contribution in [0.15, 0.2) is 18.2 Å². The van der Waals surface area contributed by atoms with Gasteiger partial charge in [-0.15, -0.1) is 0 Å². The van der Waals surface area contributed by atoms with Crippen molar-refractivity contribution in [3.8, 4) is 5.75 Å². The Hall–Kier alpha value is -1.58. The summed E-state index contributed by atoms with van der Waals surface area (Å²) >= 11 is 0. The number of halogens is 1. The first-order valence-corrected chi connectivity index (χ1v) is 4.36. The molecule has 1 saturated carbocycles. The van der Waals surface area contributed by atoms with Gasteiger partial charge in [0.25, 0.3) is 0 Å². The molecule has 2 rings (SSSR count). The fourth-order valence-electron chi connectivity index (χ4n) is 1.12. The summed E-state index contributed by atoms with van der Waals surface area (Å²) < 4.78 is 18.4. The molecule has 0 aromatic heterocycles. The van der Waals surface area contributed by atoms with Crippen LogP contribution in [0, 0.1) is 5.82 Å². The summed E-state index contributed by atoms with van der Waals surface area (Å²) in [7, 11) is 0. The number of hydrogen-bond donors (Lipinski definition) is 1. The minimum absolute atomic E-state index is 0.185. The number of carboxylic acid groups (broad SMARTS) is 1. The largest absolute Gasteiger partial charge is 0.490 e. The van der Waals surface area contributed by atoms with Gasteiger partial charge in [0, 0.05) is 6.07 Å². The first-order chi connectivity index (χ1) is 6.66. The molecule has 0 amide bonds. The average Bonchev–Trinajstić information content (AvgIpc) is 2.87. The van der Waals surface area contributed by atoms with Crippen molar-refractivity contribution in [3.63, 3.8) is 0 Å². The molecular weight excluding hydrogens is 187 g/mol. The normalized spacial score (nSPS) is 15.2. The summed E-state index contributed by atoms with van der Waals surface area (Å²) in [6.07, 6.45) is 2.16. The van der Waals surface area contributed by atoms with Crippen LogP contribution >= 0.6 is 0 Å². The fourth-order valence-corrected chi connectivity index (χ4v) is 1.12. The van der Waals surface area contributed by atoms with Crippen molar-refractivity contribution in [1.82, 2.24) is 0 Å². The van der Waals surface area contributed by atoms with Gasteiger partial charge in [-0.1, -0.05) is 0 Å². The predicted octanol–water partition coefficient (Wildman–Crippen LogP) is 2.07. The first kappa shape index (κ1) is 8.99. The van der Waals surface area contributed by atoms with Crippen molar-refractivity contribution in [2.75, 3.05) is 0 Å². The van der Waals surface area contributed by atoms with Gasteiger partial charge in [-0.2, -0.15) is 0 Å². The Bertz CT molecular complexity index is 372. The van der Waals surface area contributed by atoms with Gasteiger partial charge < -0.3 is 9.84 Å². The quantitative estimate of drug-likeness (QED) is 0.804. The maximum atomic E-state index is 13.1. The lowest BCUT2D eigenvalue weighted by atomic mass is 10.2. The van der Waals surface area contributed by atoms with E-state index >= 15 is 0 Å². The molecule has 0 radical (unpaired) electrons. The van der Waals surface area contributed by atoms with Crippen molar-refractivity contribution in [1.29, 1.82) is 0 Å². The average molecular weight is 196 g/mol.